The average molecular weight is 343 g/mol. The van der Waals surface area contributed by atoms with Gasteiger partial charge < -0.3 is 0 Å². The van der Waals surface area contributed by atoms with Crippen LogP contribution in [0.15, 0.2) is 59.5 Å². The second kappa shape index (κ2) is 6.30. The summed E-state index contributed by atoms with van der Waals surface area (Å²) in [5.41, 5.74) is 6.14. The first-order chi connectivity index (χ1) is 10.3. The Kier molecular flexibility index (Phi) is 4.24. The second-order valence-electron chi connectivity index (χ2n) is 4.89. The van der Waals surface area contributed by atoms with E-state index in [-0.39, 0.29) is 6.04 Å². The smallest absolute Gasteiger partial charge is 0.0702 e. The molecule has 0 bridgehead atoms. The van der Waals surface area contributed by atoms with Gasteiger partial charge in [-0.2, -0.15) is 0 Å². The number of rotatable bonds is 4. The summed E-state index contributed by atoms with van der Waals surface area (Å²) in [7, 11) is 0. The van der Waals surface area contributed by atoms with Crippen molar-refractivity contribution in [1.82, 2.24) is 15.4 Å². The van der Waals surface area contributed by atoms with Crippen LogP contribution < -0.4 is 11.3 Å². The van der Waals surface area contributed by atoms with E-state index in [1.807, 2.05) is 18.3 Å². The van der Waals surface area contributed by atoms with Crippen molar-refractivity contribution in [2.75, 3.05) is 0 Å². The van der Waals surface area contributed by atoms with Crippen molar-refractivity contribution < 1.29 is 0 Å². The van der Waals surface area contributed by atoms with Crippen molar-refractivity contribution in [2.45, 2.75) is 12.5 Å². The van der Waals surface area contributed by atoms with Crippen LogP contribution in [0.1, 0.15) is 17.2 Å². The van der Waals surface area contributed by atoms with Crippen LogP contribution in [-0.2, 0) is 6.42 Å². The predicted molar refractivity (Wildman–Crippen MR) is 87.4 cm³/mol. The zero-order valence-corrected chi connectivity index (χ0v) is 12.9. The van der Waals surface area contributed by atoms with Gasteiger partial charge in [0.1, 0.15) is 0 Å². The fourth-order valence-electron chi connectivity index (χ4n) is 2.39. The van der Waals surface area contributed by atoms with Crippen molar-refractivity contribution in [2.24, 2.45) is 5.84 Å². The van der Waals surface area contributed by atoms with E-state index in [1.165, 1.54) is 0 Å². The lowest BCUT2D eigenvalue weighted by Crippen LogP contribution is -2.29. The zero-order valence-electron chi connectivity index (χ0n) is 11.3. The highest BCUT2D eigenvalue weighted by atomic mass is 79.9. The molecular formula is C16H15BrN4. The summed E-state index contributed by atoms with van der Waals surface area (Å²) in [5.74, 6) is 5.74. The summed E-state index contributed by atoms with van der Waals surface area (Å²) in [4.78, 5) is 8.52. The van der Waals surface area contributed by atoms with Crippen LogP contribution >= 0.6 is 15.9 Å². The first-order valence-corrected chi connectivity index (χ1v) is 7.46. The molecular weight excluding hydrogens is 328 g/mol. The number of hydrogen-bond acceptors (Lipinski definition) is 4. The second-order valence-corrected chi connectivity index (χ2v) is 5.81. The largest absolute Gasteiger partial charge is 0.271 e. The minimum atomic E-state index is 0.0331. The lowest BCUT2D eigenvalue weighted by molar-refractivity contribution is 0.551. The molecule has 1 atom stereocenters. The van der Waals surface area contributed by atoms with Gasteiger partial charge in [0.15, 0.2) is 0 Å². The first-order valence-electron chi connectivity index (χ1n) is 6.66. The van der Waals surface area contributed by atoms with Crippen LogP contribution in [0.5, 0.6) is 0 Å². The highest BCUT2D eigenvalue weighted by Crippen LogP contribution is 2.22. The van der Waals surface area contributed by atoms with Gasteiger partial charge in [0.25, 0.3) is 0 Å². The number of nitrogens with one attached hydrogen (secondary N) is 1. The molecule has 4 nitrogen and oxygen atoms in total. The molecule has 0 saturated heterocycles. The number of pyridine rings is 2. The molecule has 0 aliphatic carbocycles. The normalized spacial score (nSPS) is 12.5. The summed E-state index contributed by atoms with van der Waals surface area (Å²) in [5, 5.41) is 1.11. The quantitative estimate of drug-likeness (QED) is 0.564. The molecule has 0 saturated carbocycles. The van der Waals surface area contributed by atoms with Gasteiger partial charge in [-0.3, -0.25) is 21.2 Å². The maximum Gasteiger partial charge on any atom is 0.0702 e. The molecule has 0 fully saturated rings. The number of aromatic nitrogens is 2. The van der Waals surface area contributed by atoms with Crippen molar-refractivity contribution in [1.29, 1.82) is 0 Å². The van der Waals surface area contributed by atoms with Crippen molar-refractivity contribution >= 4 is 26.8 Å². The predicted octanol–water partition coefficient (Wildman–Crippen LogP) is 3.14. The van der Waals surface area contributed by atoms with Crippen molar-refractivity contribution in [3.05, 3.63) is 70.6 Å². The van der Waals surface area contributed by atoms with Crippen LogP contribution in [0.2, 0.25) is 0 Å². The Hall–Kier alpha value is -1.82. The van der Waals surface area contributed by atoms with Crippen molar-refractivity contribution in [3.8, 4) is 0 Å². The maximum atomic E-state index is 5.74. The van der Waals surface area contributed by atoms with E-state index in [4.69, 9.17) is 5.84 Å². The topological polar surface area (TPSA) is 63.8 Å². The van der Waals surface area contributed by atoms with Gasteiger partial charge in [-0.05, 0) is 57.7 Å². The number of nitrogens with two attached hydrogens (primary N) is 1. The molecule has 0 amide bonds. The number of hydrogen-bond donors (Lipinski definition) is 2. The lowest BCUT2D eigenvalue weighted by Gasteiger charge is -2.17. The Morgan fingerprint density at radius 3 is 2.90 bits per heavy atom. The zero-order chi connectivity index (χ0) is 14.7. The monoisotopic (exact) mass is 342 g/mol. The molecule has 2 aromatic heterocycles. The Labute approximate surface area is 131 Å². The van der Waals surface area contributed by atoms with Crippen LogP contribution in [0, 0.1) is 0 Å². The average Bonchev–Trinajstić information content (AvgIpc) is 2.52. The van der Waals surface area contributed by atoms with E-state index >= 15 is 0 Å². The third-order valence-electron chi connectivity index (χ3n) is 3.43. The molecule has 21 heavy (non-hydrogen) atoms. The SMILES string of the molecule is NNC(Cc1cncc(Br)c1)c1ccc2ncccc2c1. The van der Waals surface area contributed by atoms with E-state index in [1.54, 1.807) is 12.4 Å². The van der Waals surface area contributed by atoms with Crippen LogP contribution in [0.3, 0.4) is 0 Å². The molecule has 1 aromatic carbocycles. The lowest BCUT2D eigenvalue weighted by atomic mass is 9.99. The number of hydrazine groups is 1. The molecule has 106 valence electrons. The van der Waals surface area contributed by atoms with Gasteiger partial charge in [0, 0.05) is 28.4 Å². The summed E-state index contributed by atoms with van der Waals surface area (Å²) < 4.78 is 0.971. The summed E-state index contributed by atoms with van der Waals surface area (Å²) in [6, 6.07) is 12.3. The Morgan fingerprint density at radius 2 is 2.10 bits per heavy atom. The molecule has 0 aliphatic heterocycles. The molecule has 1 unspecified atom stereocenters. The molecule has 0 aliphatic rings. The van der Waals surface area contributed by atoms with Gasteiger partial charge in [-0.15, -0.1) is 0 Å². The summed E-state index contributed by atoms with van der Waals surface area (Å²) >= 11 is 3.44. The fourth-order valence-corrected chi connectivity index (χ4v) is 2.80. The molecule has 3 rings (SSSR count). The van der Waals surface area contributed by atoms with Gasteiger partial charge in [0.2, 0.25) is 0 Å². The van der Waals surface area contributed by atoms with Crippen LogP contribution in [0.4, 0.5) is 0 Å². The minimum Gasteiger partial charge on any atom is -0.271 e. The van der Waals surface area contributed by atoms with Crippen molar-refractivity contribution in [3.63, 3.8) is 0 Å². The maximum absolute atomic E-state index is 5.74. The van der Waals surface area contributed by atoms with Crippen LogP contribution in [-0.4, -0.2) is 9.97 Å². The molecule has 3 aromatic rings. The first kappa shape index (κ1) is 14.1. The van der Waals surface area contributed by atoms with E-state index in [2.05, 4.69) is 55.6 Å². The fraction of sp³-hybridized carbons (Fsp3) is 0.125. The third-order valence-corrected chi connectivity index (χ3v) is 3.87. The third kappa shape index (κ3) is 3.26. The summed E-state index contributed by atoms with van der Waals surface area (Å²) in [6.45, 7) is 0. The minimum absolute atomic E-state index is 0.0331. The Balaban J connectivity index is 1.90. The standard InChI is InChI=1S/C16H15BrN4/c17-14-6-11(9-19-10-14)7-16(21-18)13-3-4-15-12(8-13)2-1-5-20-15/h1-6,8-10,16,21H,7,18H2. The van der Waals surface area contributed by atoms with Gasteiger partial charge in [-0.1, -0.05) is 12.1 Å². The van der Waals surface area contributed by atoms with E-state index < -0.39 is 0 Å². The molecule has 2 heterocycles. The van der Waals surface area contributed by atoms with Gasteiger partial charge >= 0.3 is 0 Å². The summed E-state index contributed by atoms with van der Waals surface area (Å²) in [6.07, 6.45) is 6.20. The van der Waals surface area contributed by atoms with Crippen LogP contribution in [0.25, 0.3) is 10.9 Å². The highest BCUT2D eigenvalue weighted by Gasteiger charge is 2.12. The van der Waals surface area contributed by atoms with Gasteiger partial charge in [0.05, 0.1) is 11.6 Å². The molecule has 0 radical (unpaired) electrons. The number of halogens is 1. The van der Waals surface area contributed by atoms with E-state index in [9.17, 15) is 0 Å². The number of fused-ring (bicyclic) bond motifs is 1. The molecule has 0 spiro atoms. The number of benzene rings is 1. The van der Waals surface area contributed by atoms with E-state index in [0.29, 0.717) is 0 Å². The Bertz CT molecular complexity index is 760. The number of nitrogens with zero attached hydrogens (tertiary/aromatic N) is 2. The Morgan fingerprint density at radius 1 is 1.19 bits per heavy atom. The molecule has 3 N–H and O–H groups in total. The van der Waals surface area contributed by atoms with E-state index in [0.717, 1.165) is 32.9 Å². The molecule has 5 heteroatoms. The highest BCUT2D eigenvalue weighted by molar-refractivity contribution is 9.10. The van der Waals surface area contributed by atoms with Gasteiger partial charge in [-0.25, -0.2) is 0 Å².